The molecule has 0 aliphatic carbocycles. The molecule has 0 radical (unpaired) electrons. The molecule has 0 aliphatic heterocycles. The molecule has 1 N–H and O–H groups in total. The van der Waals surface area contributed by atoms with Crippen molar-refractivity contribution < 1.29 is 4.74 Å². The summed E-state index contributed by atoms with van der Waals surface area (Å²) in [7, 11) is 0. The van der Waals surface area contributed by atoms with Crippen LogP contribution >= 0.6 is 0 Å². The van der Waals surface area contributed by atoms with E-state index in [0.29, 0.717) is 0 Å². The minimum Gasteiger partial charge on any atom is -0.491 e. The average Bonchev–Trinajstić information content (AvgIpc) is 2.45. The van der Waals surface area contributed by atoms with Crippen LogP contribution in [0, 0.1) is 0 Å². The molecule has 0 saturated carbocycles. The molecule has 0 atom stereocenters. The summed E-state index contributed by atoms with van der Waals surface area (Å²) in [6.45, 7) is 8.42. The zero-order valence-electron chi connectivity index (χ0n) is 13.4. The van der Waals surface area contributed by atoms with Gasteiger partial charge in [0.05, 0.1) is 6.61 Å². The number of nitrogens with zero attached hydrogens (tertiary/aromatic N) is 1. The quantitative estimate of drug-likeness (QED) is 0.776. The third kappa shape index (κ3) is 5.35. The van der Waals surface area contributed by atoms with Crippen molar-refractivity contribution in [2.75, 3.05) is 13.2 Å². The lowest BCUT2D eigenvalue weighted by molar-refractivity contribution is 0.306. The van der Waals surface area contributed by atoms with Gasteiger partial charge in [0, 0.05) is 17.1 Å². The number of pyridine rings is 1. The lowest BCUT2D eigenvalue weighted by Crippen LogP contribution is -2.36. The van der Waals surface area contributed by atoms with Crippen LogP contribution in [0.4, 0.5) is 0 Å². The van der Waals surface area contributed by atoms with Crippen molar-refractivity contribution in [1.29, 1.82) is 0 Å². The van der Waals surface area contributed by atoms with E-state index in [-0.39, 0.29) is 5.54 Å². The number of aromatic nitrogens is 1. The van der Waals surface area contributed by atoms with Gasteiger partial charge in [0.2, 0.25) is 0 Å². The fourth-order valence-electron chi connectivity index (χ4n) is 2.24. The zero-order chi connectivity index (χ0) is 15.1. The second kappa shape index (κ2) is 7.41. The predicted octanol–water partition coefficient (Wildman–Crippen LogP) is 4.17. The largest absolute Gasteiger partial charge is 0.491 e. The molecular formula is C18H26N2O. The standard InChI is InChI=1S/C18H26N2O/c1-18(2,3)20-13-5-4-6-14-21-16-11-7-9-15-10-8-12-19-17(15)16/h7-12,20H,4-6,13-14H2,1-3H3. The molecule has 0 fully saturated rings. The first kappa shape index (κ1) is 15.8. The average molecular weight is 286 g/mol. The molecule has 0 spiro atoms. The number of benzene rings is 1. The Bertz CT molecular complexity index is 555. The fraction of sp³-hybridized carbons (Fsp3) is 0.500. The Balaban J connectivity index is 1.71. The first-order valence-corrected chi connectivity index (χ1v) is 7.78. The molecule has 3 heteroatoms. The van der Waals surface area contributed by atoms with Crippen LogP contribution in [0.5, 0.6) is 5.75 Å². The van der Waals surface area contributed by atoms with Crippen molar-refractivity contribution in [2.24, 2.45) is 0 Å². The van der Waals surface area contributed by atoms with Gasteiger partial charge in [-0.1, -0.05) is 18.2 Å². The van der Waals surface area contributed by atoms with Crippen molar-refractivity contribution in [1.82, 2.24) is 10.3 Å². The smallest absolute Gasteiger partial charge is 0.145 e. The van der Waals surface area contributed by atoms with Gasteiger partial charge >= 0.3 is 0 Å². The molecule has 0 unspecified atom stereocenters. The van der Waals surface area contributed by atoms with Crippen molar-refractivity contribution >= 4 is 10.9 Å². The third-order valence-electron chi connectivity index (χ3n) is 3.33. The highest BCUT2D eigenvalue weighted by Crippen LogP contribution is 2.23. The number of para-hydroxylation sites is 1. The number of unbranched alkanes of at least 4 members (excludes halogenated alkanes) is 2. The van der Waals surface area contributed by atoms with E-state index in [1.807, 2.05) is 24.4 Å². The maximum Gasteiger partial charge on any atom is 0.145 e. The van der Waals surface area contributed by atoms with Gasteiger partial charge in [-0.25, -0.2) is 0 Å². The van der Waals surface area contributed by atoms with Gasteiger partial charge in [0.1, 0.15) is 11.3 Å². The molecule has 2 rings (SSSR count). The van der Waals surface area contributed by atoms with E-state index >= 15 is 0 Å². The summed E-state index contributed by atoms with van der Waals surface area (Å²) >= 11 is 0. The molecule has 2 aromatic rings. The normalized spacial score (nSPS) is 11.8. The van der Waals surface area contributed by atoms with E-state index < -0.39 is 0 Å². The van der Waals surface area contributed by atoms with Gasteiger partial charge in [-0.05, 0) is 58.7 Å². The highest BCUT2D eigenvalue weighted by molar-refractivity contribution is 5.84. The molecule has 0 bridgehead atoms. The summed E-state index contributed by atoms with van der Waals surface area (Å²) in [4.78, 5) is 4.40. The molecule has 0 saturated heterocycles. The van der Waals surface area contributed by atoms with Gasteiger partial charge in [-0.3, -0.25) is 4.98 Å². The van der Waals surface area contributed by atoms with E-state index in [0.717, 1.165) is 36.2 Å². The van der Waals surface area contributed by atoms with Crippen molar-refractivity contribution in [2.45, 2.75) is 45.6 Å². The van der Waals surface area contributed by atoms with Gasteiger partial charge in [-0.2, -0.15) is 0 Å². The van der Waals surface area contributed by atoms with Crippen molar-refractivity contribution in [3.8, 4) is 5.75 Å². The highest BCUT2D eigenvalue weighted by Gasteiger charge is 2.07. The van der Waals surface area contributed by atoms with Crippen molar-refractivity contribution in [3.63, 3.8) is 0 Å². The van der Waals surface area contributed by atoms with Crippen LogP contribution in [0.25, 0.3) is 10.9 Å². The molecule has 0 aliphatic rings. The Morgan fingerprint density at radius 3 is 2.67 bits per heavy atom. The highest BCUT2D eigenvalue weighted by atomic mass is 16.5. The summed E-state index contributed by atoms with van der Waals surface area (Å²) in [6.07, 6.45) is 5.26. The topological polar surface area (TPSA) is 34.1 Å². The molecule has 114 valence electrons. The number of ether oxygens (including phenoxy) is 1. The second-order valence-electron chi connectivity index (χ2n) is 6.42. The third-order valence-corrected chi connectivity index (χ3v) is 3.33. The number of rotatable bonds is 7. The van der Waals surface area contributed by atoms with Crippen LogP contribution < -0.4 is 10.1 Å². The Morgan fingerprint density at radius 1 is 1.05 bits per heavy atom. The van der Waals surface area contributed by atoms with Gasteiger partial charge in [0.15, 0.2) is 0 Å². The Hall–Kier alpha value is -1.61. The first-order chi connectivity index (χ1) is 10.1. The van der Waals surface area contributed by atoms with Gasteiger partial charge in [-0.15, -0.1) is 0 Å². The van der Waals surface area contributed by atoms with E-state index in [4.69, 9.17) is 4.74 Å². The Labute approximate surface area is 127 Å². The number of fused-ring (bicyclic) bond motifs is 1. The fourth-order valence-corrected chi connectivity index (χ4v) is 2.24. The van der Waals surface area contributed by atoms with E-state index in [1.54, 1.807) is 0 Å². The molecule has 3 nitrogen and oxygen atoms in total. The minimum atomic E-state index is 0.213. The van der Waals surface area contributed by atoms with Crippen molar-refractivity contribution in [3.05, 3.63) is 36.5 Å². The molecule has 1 aromatic heterocycles. The molecule has 21 heavy (non-hydrogen) atoms. The Kier molecular flexibility index (Phi) is 5.57. The Morgan fingerprint density at radius 2 is 1.86 bits per heavy atom. The zero-order valence-corrected chi connectivity index (χ0v) is 13.4. The summed E-state index contributed by atoms with van der Waals surface area (Å²) in [6, 6.07) is 10.1. The number of hydrogen-bond acceptors (Lipinski definition) is 3. The number of nitrogens with one attached hydrogen (secondary N) is 1. The van der Waals surface area contributed by atoms with E-state index in [1.165, 1.54) is 12.8 Å². The predicted molar refractivity (Wildman–Crippen MR) is 88.8 cm³/mol. The maximum absolute atomic E-state index is 5.88. The second-order valence-corrected chi connectivity index (χ2v) is 6.42. The minimum absolute atomic E-state index is 0.213. The summed E-state index contributed by atoms with van der Waals surface area (Å²) < 4.78 is 5.88. The SMILES string of the molecule is CC(C)(C)NCCCCCOc1cccc2cccnc12. The van der Waals surface area contributed by atoms with Crippen LogP contribution in [0.1, 0.15) is 40.0 Å². The van der Waals surface area contributed by atoms with Gasteiger partial charge < -0.3 is 10.1 Å². The van der Waals surface area contributed by atoms with Crippen LogP contribution in [0.15, 0.2) is 36.5 Å². The number of hydrogen-bond donors (Lipinski definition) is 1. The molecule has 0 amide bonds. The molecular weight excluding hydrogens is 260 g/mol. The van der Waals surface area contributed by atoms with Crippen LogP contribution in [-0.2, 0) is 0 Å². The lowest BCUT2D eigenvalue weighted by Gasteiger charge is -2.20. The first-order valence-electron chi connectivity index (χ1n) is 7.78. The summed E-state index contributed by atoms with van der Waals surface area (Å²) in [5, 5.41) is 4.63. The van der Waals surface area contributed by atoms with Crippen LogP contribution in [0.3, 0.4) is 0 Å². The lowest BCUT2D eigenvalue weighted by atomic mass is 10.1. The summed E-state index contributed by atoms with van der Waals surface area (Å²) in [5.41, 5.74) is 1.17. The molecule has 1 aromatic carbocycles. The van der Waals surface area contributed by atoms with Gasteiger partial charge in [0.25, 0.3) is 0 Å². The van der Waals surface area contributed by atoms with E-state index in [9.17, 15) is 0 Å². The van der Waals surface area contributed by atoms with E-state index in [2.05, 4.69) is 43.2 Å². The summed E-state index contributed by atoms with van der Waals surface area (Å²) in [5.74, 6) is 0.890. The monoisotopic (exact) mass is 286 g/mol. The maximum atomic E-state index is 5.88. The van der Waals surface area contributed by atoms with Crippen LogP contribution in [-0.4, -0.2) is 23.7 Å². The molecule has 1 heterocycles. The van der Waals surface area contributed by atoms with Crippen LogP contribution in [0.2, 0.25) is 0 Å².